The highest BCUT2D eigenvalue weighted by atomic mass is 28.3. The lowest BCUT2D eigenvalue weighted by atomic mass is 9.77. The Morgan fingerprint density at radius 2 is 1.42 bits per heavy atom. The standard InChI is InChI=1S/C24H44N2O6Si/c1-21(2,3)17-13-24(32-33(10)11,26(15-17)20(29)31-23(7,8)9)16-12-18(27)25(14-16)19(28)30-22(4,5)6/h16-17,33H,12-15H2,1-11H3/t16?,17-,24-/m0/s1. The number of ether oxygens (including phenoxy) is 2. The molecule has 0 aromatic heterocycles. The molecule has 2 heterocycles. The third-order valence-corrected chi connectivity index (χ3v) is 6.93. The Morgan fingerprint density at radius 1 is 0.909 bits per heavy atom. The van der Waals surface area contributed by atoms with E-state index in [4.69, 9.17) is 13.9 Å². The number of hydrogen-bond donors (Lipinski definition) is 0. The minimum atomic E-state index is -1.66. The average Bonchev–Trinajstić information content (AvgIpc) is 3.13. The van der Waals surface area contributed by atoms with Gasteiger partial charge >= 0.3 is 12.2 Å². The second-order valence-corrected chi connectivity index (χ2v) is 15.1. The van der Waals surface area contributed by atoms with Crippen LogP contribution in [-0.2, 0) is 18.7 Å². The summed E-state index contributed by atoms with van der Waals surface area (Å²) in [7, 11) is -1.66. The van der Waals surface area contributed by atoms with Crippen LogP contribution >= 0.6 is 0 Å². The zero-order valence-electron chi connectivity index (χ0n) is 22.4. The van der Waals surface area contributed by atoms with E-state index in [-0.39, 0.29) is 36.1 Å². The number of rotatable bonds is 3. The molecule has 1 unspecified atom stereocenters. The van der Waals surface area contributed by atoms with Crippen molar-refractivity contribution in [3.05, 3.63) is 0 Å². The molecule has 0 bridgehead atoms. The summed E-state index contributed by atoms with van der Waals surface area (Å²) in [5.74, 6) is -0.498. The van der Waals surface area contributed by atoms with Gasteiger partial charge < -0.3 is 13.9 Å². The van der Waals surface area contributed by atoms with Gasteiger partial charge in [-0.15, -0.1) is 0 Å². The fourth-order valence-electron chi connectivity index (χ4n) is 4.54. The SMILES string of the molecule is C[SiH](C)O[C@]1(C2CC(=O)N(C(=O)OC(C)(C)C)C2)C[C@H](C(C)(C)C)CN1C(=O)OC(C)(C)C. The molecule has 3 atom stereocenters. The van der Waals surface area contributed by atoms with E-state index in [0.717, 1.165) is 0 Å². The van der Waals surface area contributed by atoms with Crippen molar-refractivity contribution in [2.45, 2.75) is 105 Å². The summed E-state index contributed by atoms with van der Waals surface area (Å²) in [6.07, 6.45) is -0.370. The quantitative estimate of drug-likeness (QED) is 0.537. The van der Waals surface area contributed by atoms with Gasteiger partial charge in [0.05, 0.1) is 0 Å². The molecule has 2 rings (SSSR count). The summed E-state index contributed by atoms with van der Waals surface area (Å²) >= 11 is 0. The first-order valence-corrected chi connectivity index (χ1v) is 14.7. The predicted octanol–water partition coefficient (Wildman–Crippen LogP) is 4.77. The smallest absolute Gasteiger partial charge is 0.417 e. The fourth-order valence-corrected chi connectivity index (χ4v) is 5.77. The molecule has 2 fully saturated rings. The highest BCUT2D eigenvalue weighted by Crippen LogP contribution is 2.49. The first kappa shape index (κ1) is 27.6. The lowest BCUT2D eigenvalue weighted by Crippen LogP contribution is -2.57. The largest absolute Gasteiger partial charge is 0.444 e. The van der Waals surface area contributed by atoms with Crippen LogP contribution in [-0.4, -0.2) is 67.0 Å². The van der Waals surface area contributed by atoms with Gasteiger partial charge in [0.25, 0.3) is 0 Å². The number of nitrogens with zero attached hydrogens (tertiary/aromatic N) is 2. The molecule has 0 N–H and O–H groups in total. The molecule has 2 aliphatic heterocycles. The molecular weight excluding hydrogens is 440 g/mol. The number of amides is 3. The van der Waals surface area contributed by atoms with Crippen LogP contribution < -0.4 is 0 Å². The molecule has 0 aromatic rings. The molecule has 2 saturated heterocycles. The number of likely N-dealkylation sites (tertiary alicyclic amines) is 2. The van der Waals surface area contributed by atoms with Gasteiger partial charge in [-0.25, -0.2) is 14.5 Å². The Balaban J connectivity index is 2.46. The van der Waals surface area contributed by atoms with Crippen LogP contribution in [0.2, 0.25) is 13.1 Å². The Hall–Kier alpha value is -1.61. The van der Waals surface area contributed by atoms with E-state index in [2.05, 4.69) is 33.9 Å². The zero-order valence-corrected chi connectivity index (χ0v) is 23.6. The fraction of sp³-hybridized carbons (Fsp3) is 0.875. The van der Waals surface area contributed by atoms with Crippen LogP contribution in [0.5, 0.6) is 0 Å². The molecule has 0 radical (unpaired) electrons. The Morgan fingerprint density at radius 3 is 1.88 bits per heavy atom. The summed E-state index contributed by atoms with van der Waals surface area (Å²) < 4.78 is 17.9. The number of carbonyl (C=O) groups is 3. The zero-order chi connectivity index (χ0) is 25.6. The van der Waals surface area contributed by atoms with Crippen LogP contribution in [0.25, 0.3) is 0 Å². The molecule has 0 aromatic carbocycles. The molecule has 0 aliphatic carbocycles. The van der Waals surface area contributed by atoms with E-state index in [1.807, 2.05) is 20.8 Å². The summed E-state index contributed by atoms with van der Waals surface area (Å²) in [4.78, 5) is 42.0. The lowest BCUT2D eigenvalue weighted by Gasteiger charge is -2.44. The molecule has 2 aliphatic rings. The second-order valence-electron chi connectivity index (χ2n) is 12.8. The third kappa shape index (κ3) is 6.71. The average molecular weight is 485 g/mol. The summed E-state index contributed by atoms with van der Waals surface area (Å²) in [5.41, 5.74) is -2.43. The van der Waals surface area contributed by atoms with Gasteiger partial charge in [0.2, 0.25) is 5.91 Å². The maximum Gasteiger partial charge on any atom is 0.417 e. The van der Waals surface area contributed by atoms with Crippen molar-refractivity contribution in [3.63, 3.8) is 0 Å². The van der Waals surface area contributed by atoms with Crippen molar-refractivity contribution in [2.24, 2.45) is 17.3 Å². The predicted molar refractivity (Wildman–Crippen MR) is 129 cm³/mol. The lowest BCUT2D eigenvalue weighted by molar-refractivity contribution is -0.128. The van der Waals surface area contributed by atoms with Crippen LogP contribution in [0.4, 0.5) is 9.59 Å². The van der Waals surface area contributed by atoms with Crippen LogP contribution in [0.15, 0.2) is 0 Å². The molecular formula is C24H44N2O6Si. The van der Waals surface area contributed by atoms with Gasteiger partial charge in [0, 0.05) is 25.4 Å². The van der Waals surface area contributed by atoms with Gasteiger partial charge in [-0.3, -0.25) is 9.69 Å². The molecule has 8 nitrogen and oxygen atoms in total. The second kappa shape index (κ2) is 9.21. The van der Waals surface area contributed by atoms with E-state index in [1.165, 1.54) is 4.90 Å². The van der Waals surface area contributed by atoms with Gasteiger partial charge in [0.1, 0.15) is 16.9 Å². The van der Waals surface area contributed by atoms with Crippen molar-refractivity contribution < 1.29 is 28.3 Å². The van der Waals surface area contributed by atoms with Crippen LogP contribution in [0.1, 0.15) is 75.2 Å². The van der Waals surface area contributed by atoms with Crippen LogP contribution in [0, 0.1) is 17.3 Å². The Kier molecular flexibility index (Phi) is 7.71. The molecule has 33 heavy (non-hydrogen) atoms. The summed E-state index contributed by atoms with van der Waals surface area (Å²) in [5, 5.41) is 0. The van der Waals surface area contributed by atoms with Crippen molar-refractivity contribution in [2.75, 3.05) is 13.1 Å². The molecule has 190 valence electrons. The first-order valence-electron chi connectivity index (χ1n) is 12.0. The van der Waals surface area contributed by atoms with Gasteiger partial charge in [-0.1, -0.05) is 20.8 Å². The normalized spacial score (nSPS) is 26.8. The number of hydrogen-bond acceptors (Lipinski definition) is 6. The van der Waals surface area contributed by atoms with E-state index < -0.39 is 38.2 Å². The van der Waals surface area contributed by atoms with Gasteiger partial charge in [-0.05, 0) is 72.4 Å². The maximum absolute atomic E-state index is 13.4. The highest BCUT2D eigenvalue weighted by molar-refractivity contribution is 6.48. The third-order valence-electron chi connectivity index (χ3n) is 6.05. The minimum absolute atomic E-state index is 0.0721. The summed E-state index contributed by atoms with van der Waals surface area (Å²) in [6.45, 7) is 22.0. The molecule has 9 heteroatoms. The van der Waals surface area contributed by atoms with Gasteiger partial charge in [-0.2, -0.15) is 0 Å². The van der Waals surface area contributed by atoms with Crippen molar-refractivity contribution >= 4 is 27.1 Å². The van der Waals surface area contributed by atoms with Crippen molar-refractivity contribution in [1.82, 2.24) is 9.80 Å². The Labute approximate surface area is 201 Å². The monoisotopic (exact) mass is 484 g/mol. The molecule has 0 spiro atoms. The highest BCUT2D eigenvalue weighted by Gasteiger charge is 2.59. The number of carbonyl (C=O) groups excluding carboxylic acids is 3. The Bertz CT molecular complexity index is 764. The molecule has 0 saturated carbocycles. The van der Waals surface area contributed by atoms with Crippen molar-refractivity contribution in [1.29, 1.82) is 0 Å². The van der Waals surface area contributed by atoms with E-state index in [0.29, 0.717) is 13.0 Å². The van der Waals surface area contributed by atoms with Gasteiger partial charge in [0.15, 0.2) is 9.04 Å². The van der Waals surface area contributed by atoms with Crippen LogP contribution in [0.3, 0.4) is 0 Å². The van der Waals surface area contributed by atoms with E-state index in [1.54, 1.807) is 25.7 Å². The summed E-state index contributed by atoms with van der Waals surface area (Å²) in [6, 6.07) is 0. The molecule has 3 amide bonds. The first-order chi connectivity index (χ1) is 14.7. The van der Waals surface area contributed by atoms with E-state index in [9.17, 15) is 14.4 Å². The number of imide groups is 1. The topological polar surface area (TPSA) is 85.4 Å². The van der Waals surface area contributed by atoms with Crippen molar-refractivity contribution in [3.8, 4) is 0 Å². The minimum Gasteiger partial charge on any atom is -0.444 e. The maximum atomic E-state index is 13.4. The van der Waals surface area contributed by atoms with E-state index >= 15 is 0 Å².